The van der Waals surface area contributed by atoms with Gasteiger partial charge in [-0.3, -0.25) is 4.79 Å². The third kappa shape index (κ3) is 3.14. The molecule has 0 unspecified atom stereocenters. The van der Waals surface area contributed by atoms with Crippen LogP contribution in [0.3, 0.4) is 0 Å². The van der Waals surface area contributed by atoms with Crippen LogP contribution in [0.1, 0.15) is 32.8 Å². The van der Waals surface area contributed by atoms with Crippen LogP contribution in [0, 0.1) is 11.2 Å². The molecule has 0 aliphatic heterocycles. The number of halogens is 2. The zero-order valence-electron chi connectivity index (χ0n) is 9.81. The minimum Gasteiger partial charge on any atom is -0.299 e. The number of carbonyl (C=O) groups excluding carboxylic acids is 1. The predicted octanol–water partition coefficient (Wildman–Crippen LogP) is 4.14. The molecule has 0 bridgehead atoms. The van der Waals surface area contributed by atoms with Gasteiger partial charge < -0.3 is 0 Å². The molecule has 0 radical (unpaired) electrons. The fraction of sp³-hybridized carbons (Fsp3) is 0.462. The van der Waals surface area contributed by atoms with Gasteiger partial charge in [-0.05, 0) is 30.2 Å². The molecule has 0 aliphatic rings. The molecule has 0 fully saturated rings. The monoisotopic (exact) mass is 286 g/mol. The van der Waals surface area contributed by atoms with Crippen molar-refractivity contribution in [2.45, 2.75) is 33.6 Å². The normalized spacial score (nSPS) is 11.6. The van der Waals surface area contributed by atoms with Crippen molar-refractivity contribution >= 4 is 21.7 Å². The van der Waals surface area contributed by atoms with Crippen molar-refractivity contribution < 1.29 is 9.18 Å². The highest BCUT2D eigenvalue weighted by Crippen LogP contribution is 2.26. The van der Waals surface area contributed by atoms with Gasteiger partial charge in [-0.2, -0.15) is 0 Å². The standard InChI is InChI=1S/C13H16BrFO/c1-4-13(2,3)12(16)8-9-7-10(15)5-6-11(9)14/h5-7H,4,8H2,1-3H3. The number of Topliss-reactive ketones (excluding diaryl/α,β-unsaturated/α-hetero) is 1. The van der Waals surface area contributed by atoms with Crippen LogP contribution >= 0.6 is 15.9 Å². The maximum absolute atomic E-state index is 13.0. The van der Waals surface area contributed by atoms with Crippen molar-refractivity contribution in [1.82, 2.24) is 0 Å². The smallest absolute Gasteiger partial charge is 0.142 e. The highest BCUT2D eigenvalue weighted by Gasteiger charge is 2.25. The summed E-state index contributed by atoms with van der Waals surface area (Å²) in [6.07, 6.45) is 1.07. The van der Waals surface area contributed by atoms with Gasteiger partial charge in [0, 0.05) is 16.3 Å². The Hall–Kier alpha value is -0.700. The summed E-state index contributed by atoms with van der Waals surface area (Å²) >= 11 is 3.33. The fourth-order valence-electron chi connectivity index (χ4n) is 1.29. The van der Waals surface area contributed by atoms with Gasteiger partial charge in [0.2, 0.25) is 0 Å². The Labute approximate surface area is 104 Å². The Balaban J connectivity index is 2.89. The van der Waals surface area contributed by atoms with Crippen LogP contribution in [0.2, 0.25) is 0 Å². The molecule has 1 aromatic rings. The van der Waals surface area contributed by atoms with Crippen molar-refractivity contribution in [3.8, 4) is 0 Å². The molecule has 1 nitrogen and oxygen atoms in total. The zero-order chi connectivity index (χ0) is 12.3. The summed E-state index contributed by atoms with van der Waals surface area (Å²) in [7, 11) is 0. The number of rotatable bonds is 4. The summed E-state index contributed by atoms with van der Waals surface area (Å²) in [4.78, 5) is 12.0. The molecular formula is C13H16BrFO. The molecule has 0 spiro atoms. The van der Waals surface area contributed by atoms with E-state index in [-0.39, 0.29) is 23.4 Å². The Morgan fingerprint density at radius 2 is 2.06 bits per heavy atom. The lowest BCUT2D eigenvalue weighted by atomic mass is 9.82. The zero-order valence-corrected chi connectivity index (χ0v) is 11.4. The summed E-state index contributed by atoms with van der Waals surface area (Å²) < 4.78 is 13.8. The molecule has 88 valence electrons. The molecule has 0 saturated carbocycles. The first kappa shape index (κ1) is 13.4. The molecule has 0 aromatic heterocycles. The Morgan fingerprint density at radius 3 is 2.62 bits per heavy atom. The molecule has 0 atom stereocenters. The van der Waals surface area contributed by atoms with Gasteiger partial charge in [0.05, 0.1) is 0 Å². The van der Waals surface area contributed by atoms with E-state index in [4.69, 9.17) is 0 Å². The summed E-state index contributed by atoms with van der Waals surface area (Å²) in [5.41, 5.74) is 0.373. The molecule has 0 saturated heterocycles. The topological polar surface area (TPSA) is 17.1 Å². The molecule has 0 amide bonds. The van der Waals surface area contributed by atoms with Crippen LogP contribution in [-0.2, 0) is 11.2 Å². The van der Waals surface area contributed by atoms with Gasteiger partial charge in [0.15, 0.2) is 0 Å². The molecule has 0 aliphatic carbocycles. The minimum absolute atomic E-state index is 0.140. The Kier molecular flexibility index (Phi) is 4.25. The molecule has 1 rings (SSSR count). The van der Waals surface area contributed by atoms with Gasteiger partial charge in [-0.15, -0.1) is 0 Å². The lowest BCUT2D eigenvalue weighted by Crippen LogP contribution is -2.25. The van der Waals surface area contributed by atoms with Crippen molar-refractivity contribution in [2.75, 3.05) is 0 Å². The van der Waals surface area contributed by atoms with Gasteiger partial charge in [-0.25, -0.2) is 4.39 Å². The molecule has 16 heavy (non-hydrogen) atoms. The van der Waals surface area contributed by atoms with Gasteiger partial charge in [0.1, 0.15) is 11.6 Å². The van der Waals surface area contributed by atoms with Crippen molar-refractivity contribution in [1.29, 1.82) is 0 Å². The third-order valence-corrected chi connectivity index (χ3v) is 3.77. The lowest BCUT2D eigenvalue weighted by Gasteiger charge is -2.21. The average Bonchev–Trinajstić information content (AvgIpc) is 2.23. The largest absolute Gasteiger partial charge is 0.299 e. The second kappa shape index (κ2) is 5.09. The minimum atomic E-state index is -0.342. The van der Waals surface area contributed by atoms with E-state index in [1.54, 1.807) is 6.07 Å². The molecule has 0 N–H and O–H groups in total. The van der Waals surface area contributed by atoms with E-state index in [0.29, 0.717) is 5.56 Å². The van der Waals surface area contributed by atoms with Gasteiger partial charge >= 0.3 is 0 Å². The van der Waals surface area contributed by atoms with Crippen molar-refractivity contribution in [3.63, 3.8) is 0 Å². The number of hydrogen-bond donors (Lipinski definition) is 0. The summed E-state index contributed by atoms with van der Waals surface area (Å²) in [6, 6.07) is 4.42. The summed E-state index contributed by atoms with van der Waals surface area (Å²) in [5, 5.41) is 0. The van der Waals surface area contributed by atoms with Crippen LogP contribution < -0.4 is 0 Å². The Bertz CT molecular complexity index is 399. The fourth-order valence-corrected chi connectivity index (χ4v) is 1.68. The van der Waals surface area contributed by atoms with Crippen molar-refractivity contribution in [3.05, 3.63) is 34.1 Å². The number of ketones is 1. The van der Waals surface area contributed by atoms with E-state index in [1.165, 1.54) is 12.1 Å². The highest BCUT2D eigenvalue weighted by molar-refractivity contribution is 9.10. The van der Waals surface area contributed by atoms with E-state index < -0.39 is 0 Å². The molecule has 3 heteroatoms. The number of hydrogen-bond acceptors (Lipinski definition) is 1. The van der Waals surface area contributed by atoms with Crippen molar-refractivity contribution in [2.24, 2.45) is 5.41 Å². The summed E-state index contributed by atoms with van der Waals surface area (Å²) in [5.74, 6) is -0.165. The van der Waals surface area contributed by atoms with Crippen LogP contribution in [-0.4, -0.2) is 5.78 Å². The van der Waals surface area contributed by atoms with Crippen LogP contribution in [0.25, 0.3) is 0 Å². The average molecular weight is 287 g/mol. The summed E-state index contributed by atoms with van der Waals surface area (Å²) in [6.45, 7) is 5.82. The number of benzene rings is 1. The van der Waals surface area contributed by atoms with E-state index >= 15 is 0 Å². The van der Waals surface area contributed by atoms with E-state index in [9.17, 15) is 9.18 Å². The van der Waals surface area contributed by atoms with E-state index in [1.807, 2.05) is 20.8 Å². The Morgan fingerprint density at radius 1 is 1.44 bits per heavy atom. The third-order valence-electron chi connectivity index (χ3n) is 3.00. The van der Waals surface area contributed by atoms with Crippen LogP contribution in [0.15, 0.2) is 22.7 Å². The lowest BCUT2D eigenvalue weighted by molar-refractivity contribution is -0.126. The van der Waals surface area contributed by atoms with E-state index in [2.05, 4.69) is 15.9 Å². The SMILES string of the molecule is CCC(C)(C)C(=O)Cc1cc(F)ccc1Br. The maximum Gasteiger partial charge on any atom is 0.142 e. The van der Waals surface area contributed by atoms with Gasteiger partial charge in [0.25, 0.3) is 0 Å². The first-order valence-corrected chi connectivity index (χ1v) is 6.13. The van der Waals surface area contributed by atoms with Crippen LogP contribution in [0.5, 0.6) is 0 Å². The van der Waals surface area contributed by atoms with Gasteiger partial charge in [-0.1, -0.05) is 36.7 Å². The predicted molar refractivity (Wildman–Crippen MR) is 66.9 cm³/mol. The maximum atomic E-state index is 13.0. The highest BCUT2D eigenvalue weighted by atomic mass is 79.9. The second-order valence-electron chi connectivity index (χ2n) is 4.57. The van der Waals surface area contributed by atoms with Crippen LogP contribution in [0.4, 0.5) is 4.39 Å². The second-order valence-corrected chi connectivity index (χ2v) is 5.43. The first-order chi connectivity index (χ1) is 7.36. The molecule has 0 heterocycles. The molecular weight excluding hydrogens is 271 g/mol. The first-order valence-electron chi connectivity index (χ1n) is 5.34. The quantitative estimate of drug-likeness (QED) is 0.813. The number of carbonyl (C=O) groups is 1. The van der Waals surface area contributed by atoms with E-state index in [0.717, 1.165) is 10.9 Å². The molecule has 1 aromatic carbocycles.